The van der Waals surface area contributed by atoms with Gasteiger partial charge in [-0.2, -0.15) is 5.10 Å². The molecule has 0 aliphatic rings. The highest BCUT2D eigenvalue weighted by Gasteiger charge is 2.36. The van der Waals surface area contributed by atoms with E-state index >= 15 is 0 Å². The average molecular weight is 549 g/mol. The predicted octanol–water partition coefficient (Wildman–Crippen LogP) is 2.66. The third-order valence-corrected chi connectivity index (χ3v) is 5.71. The lowest BCUT2D eigenvalue weighted by Gasteiger charge is -2.17. The number of methoxy groups -OCH3 is 2. The van der Waals surface area contributed by atoms with Crippen molar-refractivity contribution in [1.82, 2.24) is 20.4 Å². The quantitative estimate of drug-likeness (QED) is 0.172. The number of fused-ring (bicyclic) bond motifs is 1. The largest absolute Gasteiger partial charge is 0.495 e. The van der Waals surface area contributed by atoms with Crippen LogP contribution in [0, 0.1) is 0 Å². The van der Waals surface area contributed by atoms with Crippen LogP contribution in [0.3, 0.4) is 0 Å². The molecule has 2 aromatic heterocycles. The van der Waals surface area contributed by atoms with Crippen LogP contribution < -0.4 is 21.0 Å². The molecule has 198 valence electrons. The molecular formula is C26H21ClN6O6. The summed E-state index contributed by atoms with van der Waals surface area (Å²) in [4.78, 5) is 63.1. The van der Waals surface area contributed by atoms with Gasteiger partial charge in [0.05, 0.1) is 30.9 Å². The van der Waals surface area contributed by atoms with E-state index in [1.807, 2.05) is 0 Å². The number of carbonyl (C=O) groups is 3. The smallest absolute Gasteiger partial charge is 0.321 e. The fourth-order valence-electron chi connectivity index (χ4n) is 3.60. The topological polar surface area (TPSA) is 165 Å². The number of halogens is 1. The van der Waals surface area contributed by atoms with E-state index in [0.29, 0.717) is 16.3 Å². The Bertz CT molecular complexity index is 1640. The summed E-state index contributed by atoms with van der Waals surface area (Å²) in [5.41, 5.74) is 1.53. The summed E-state index contributed by atoms with van der Waals surface area (Å²) in [5, 5.41) is 6.91. The second kappa shape index (κ2) is 12.0. The zero-order valence-electron chi connectivity index (χ0n) is 20.6. The third kappa shape index (κ3) is 6.08. The fraction of sp³-hybridized carbons (Fsp3) is 0.115. The molecule has 0 spiro atoms. The maximum atomic E-state index is 13.6. The summed E-state index contributed by atoms with van der Waals surface area (Å²) in [7, 11) is 2.49. The number of nitrogens with zero attached hydrogens (tertiary/aromatic N) is 3. The fourth-order valence-corrected chi connectivity index (χ4v) is 3.77. The summed E-state index contributed by atoms with van der Waals surface area (Å²) >= 11 is 6.01. The van der Waals surface area contributed by atoms with Crippen molar-refractivity contribution in [2.45, 2.75) is 5.92 Å². The van der Waals surface area contributed by atoms with E-state index in [9.17, 15) is 19.2 Å². The Morgan fingerprint density at radius 3 is 2.51 bits per heavy atom. The highest BCUT2D eigenvalue weighted by Crippen LogP contribution is 2.25. The minimum absolute atomic E-state index is 0.186. The van der Waals surface area contributed by atoms with Crippen molar-refractivity contribution in [2.24, 2.45) is 5.10 Å². The summed E-state index contributed by atoms with van der Waals surface area (Å²) in [6.07, 6.45) is 2.80. The highest BCUT2D eigenvalue weighted by molar-refractivity contribution is 6.48. The molecule has 0 saturated carbocycles. The van der Waals surface area contributed by atoms with Gasteiger partial charge in [-0.3, -0.25) is 24.2 Å². The van der Waals surface area contributed by atoms with E-state index in [2.05, 4.69) is 30.8 Å². The van der Waals surface area contributed by atoms with Crippen molar-refractivity contribution in [1.29, 1.82) is 0 Å². The number of rotatable bonds is 8. The van der Waals surface area contributed by atoms with Crippen LogP contribution in [-0.2, 0) is 14.3 Å². The highest BCUT2D eigenvalue weighted by atomic mass is 35.5. The second-order valence-corrected chi connectivity index (χ2v) is 8.33. The van der Waals surface area contributed by atoms with Crippen LogP contribution in [0.15, 0.2) is 76.9 Å². The molecule has 0 bridgehead atoms. The monoisotopic (exact) mass is 548 g/mol. The SMILES string of the molecule is COC(=O)[C@@H](/C(=N\NC(=O)c1ccncc1)C(=O)Nc1ccccc1OC)c1nc2ccc(Cl)cc2[nH]c1=O. The molecule has 2 aromatic carbocycles. The molecule has 1 atom stereocenters. The van der Waals surface area contributed by atoms with Gasteiger partial charge in [0.1, 0.15) is 17.2 Å². The molecule has 12 nitrogen and oxygen atoms in total. The van der Waals surface area contributed by atoms with Crippen LogP contribution in [-0.4, -0.2) is 52.7 Å². The van der Waals surface area contributed by atoms with Gasteiger partial charge in [0.2, 0.25) is 0 Å². The molecule has 4 rings (SSSR count). The number of benzene rings is 2. The van der Waals surface area contributed by atoms with E-state index in [1.165, 1.54) is 43.8 Å². The van der Waals surface area contributed by atoms with E-state index in [1.54, 1.807) is 30.3 Å². The van der Waals surface area contributed by atoms with Gasteiger partial charge in [0.15, 0.2) is 5.92 Å². The number of aromatic nitrogens is 3. The molecular weight excluding hydrogens is 528 g/mol. The summed E-state index contributed by atoms with van der Waals surface area (Å²) in [6, 6.07) is 13.9. The van der Waals surface area contributed by atoms with Crippen molar-refractivity contribution in [3.8, 4) is 5.75 Å². The number of esters is 1. The number of hydrazone groups is 1. The van der Waals surface area contributed by atoms with Crippen LogP contribution in [0.25, 0.3) is 11.0 Å². The van der Waals surface area contributed by atoms with E-state index in [4.69, 9.17) is 21.1 Å². The van der Waals surface area contributed by atoms with Crippen molar-refractivity contribution >= 4 is 51.8 Å². The van der Waals surface area contributed by atoms with Gasteiger partial charge >= 0.3 is 5.97 Å². The minimum atomic E-state index is -1.73. The first-order chi connectivity index (χ1) is 18.8. The maximum Gasteiger partial charge on any atom is 0.321 e. The van der Waals surface area contributed by atoms with Gasteiger partial charge in [-0.25, -0.2) is 10.4 Å². The molecule has 0 unspecified atom stereocenters. The molecule has 0 aliphatic carbocycles. The van der Waals surface area contributed by atoms with Gasteiger partial charge in [-0.1, -0.05) is 23.7 Å². The van der Waals surface area contributed by atoms with Gasteiger partial charge in [-0.05, 0) is 42.5 Å². The molecule has 0 saturated heterocycles. The van der Waals surface area contributed by atoms with Crippen LogP contribution in [0.1, 0.15) is 22.0 Å². The predicted molar refractivity (Wildman–Crippen MR) is 143 cm³/mol. The molecule has 0 aliphatic heterocycles. The van der Waals surface area contributed by atoms with Gasteiger partial charge < -0.3 is 19.8 Å². The number of nitrogens with one attached hydrogen (secondary N) is 3. The number of carbonyl (C=O) groups excluding carboxylic acids is 3. The van der Waals surface area contributed by atoms with Crippen LogP contribution in [0.4, 0.5) is 5.69 Å². The number of aromatic amines is 1. The normalized spacial score (nSPS) is 11.9. The molecule has 0 fully saturated rings. The number of H-pyrrole nitrogens is 1. The standard InChI is InChI=1S/C26H21ClN6O6/c1-38-19-6-4-3-5-17(19)30-25(36)22(32-33-23(34)14-9-11-28-12-10-14)20(26(37)39-2)21-24(35)31-18-13-15(27)7-8-16(18)29-21/h3-13,20H,1-2H3,(H,30,36)(H,31,35)(H,33,34)/b32-22+/t20-/m1/s1. The number of hydrogen-bond donors (Lipinski definition) is 3. The molecule has 13 heteroatoms. The Morgan fingerprint density at radius 2 is 1.79 bits per heavy atom. The van der Waals surface area contributed by atoms with E-state index in [-0.39, 0.29) is 22.5 Å². The summed E-state index contributed by atoms with van der Waals surface area (Å²) < 4.78 is 10.2. The Hall–Kier alpha value is -5.10. The van der Waals surface area contributed by atoms with Gasteiger partial charge in [-0.15, -0.1) is 0 Å². The number of amides is 2. The maximum absolute atomic E-state index is 13.6. The lowest BCUT2D eigenvalue weighted by molar-refractivity contribution is -0.141. The lowest BCUT2D eigenvalue weighted by Crippen LogP contribution is -2.39. The van der Waals surface area contributed by atoms with Gasteiger partial charge in [0.25, 0.3) is 17.4 Å². The zero-order chi connectivity index (χ0) is 27.9. The second-order valence-electron chi connectivity index (χ2n) is 7.90. The van der Waals surface area contributed by atoms with Crippen molar-refractivity contribution in [3.05, 3.63) is 93.6 Å². The number of para-hydroxylation sites is 2. The Balaban J connectivity index is 1.84. The third-order valence-electron chi connectivity index (χ3n) is 5.47. The number of pyridine rings is 1. The Morgan fingerprint density at radius 1 is 1.05 bits per heavy atom. The molecule has 39 heavy (non-hydrogen) atoms. The summed E-state index contributed by atoms with van der Waals surface area (Å²) in [5.74, 6) is -4.06. The van der Waals surface area contributed by atoms with Crippen LogP contribution >= 0.6 is 11.6 Å². The number of ether oxygens (including phenoxy) is 2. The lowest BCUT2D eigenvalue weighted by atomic mass is 9.98. The molecule has 4 aromatic rings. The molecule has 2 amide bonds. The zero-order valence-corrected chi connectivity index (χ0v) is 21.4. The van der Waals surface area contributed by atoms with E-state index < -0.39 is 35.0 Å². The van der Waals surface area contributed by atoms with Crippen molar-refractivity contribution in [2.75, 3.05) is 19.5 Å². The van der Waals surface area contributed by atoms with E-state index in [0.717, 1.165) is 7.11 Å². The Kier molecular flexibility index (Phi) is 8.27. The molecule has 3 N–H and O–H groups in total. The van der Waals surface area contributed by atoms with Crippen LogP contribution in [0.5, 0.6) is 5.75 Å². The minimum Gasteiger partial charge on any atom is -0.495 e. The molecule has 0 radical (unpaired) electrons. The van der Waals surface area contributed by atoms with Gasteiger partial charge in [0, 0.05) is 23.0 Å². The first-order valence-corrected chi connectivity index (χ1v) is 11.7. The summed E-state index contributed by atoms with van der Waals surface area (Å²) in [6.45, 7) is 0. The number of hydrogen-bond acceptors (Lipinski definition) is 9. The average Bonchev–Trinajstić information content (AvgIpc) is 2.95. The number of anilines is 1. The Labute approximate surface area is 226 Å². The van der Waals surface area contributed by atoms with Crippen molar-refractivity contribution < 1.29 is 23.9 Å². The first-order valence-electron chi connectivity index (χ1n) is 11.3. The van der Waals surface area contributed by atoms with Crippen molar-refractivity contribution in [3.63, 3.8) is 0 Å². The first kappa shape index (κ1) is 26.9. The van der Waals surface area contributed by atoms with Crippen LogP contribution in [0.2, 0.25) is 5.02 Å². The molecule has 2 heterocycles.